The maximum atomic E-state index is 13.0. The number of nitrogens with zero attached hydrogens (tertiary/aromatic N) is 3. The summed E-state index contributed by atoms with van der Waals surface area (Å²) in [5.41, 5.74) is 9.81. The van der Waals surface area contributed by atoms with E-state index in [0.29, 0.717) is 29.8 Å². The number of benzene rings is 1. The molecule has 3 atom stereocenters. The number of imidazole rings is 1. The minimum absolute atomic E-state index is 0.0697. The second-order valence-electron chi connectivity index (χ2n) is 8.40. The second kappa shape index (κ2) is 7.19. The molecule has 5 rings (SSSR count). The summed E-state index contributed by atoms with van der Waals surface area (Å²) < 4.78 is 7.93. The number of carbonyl (C=O) groups excluding carboxylic acids is 1. The van der Waals surface area contributed by atoms with Crippen molar-refractivity contribution in [3.63, 3.8) is 0 Å². The molecule has 0 radical (unpaired) electrons. The lowest BCUT2D eigenvalue weighted by molar-refractivity contribution is 0.0779. The fraction of sp³-hybridized carbons (Fsp3) is 0.391. The SMILES string of the molecule is Cc1ccc2nc(COc3cccc(C(=O)N4CC5CCC(N)C5C4)c3)cn2c1. The molecule has 2 aliphatic rings. The molecule has 0 bridgehead atoms. The molecule has 29 heavy (non-hydrogen) atoms. The number of ether oxygens (including phenoxy) is 1. The van der Waals surface area contributed by atoms with Crippen molar-refractivity contribution in [3.05, 3.63) is 65.6 Å². The number of aromatic nitrogens is 2. The Morgan fingerprint density at radius 2 is 2.10 bits per heavy atom. The van der Waals surface area contributed by atoms with Gasteiger partial charge in [-0.3, -0.25) is 4.79 Å². The highest BCUT2D eigenvalue weighted by Gasteiger charge is 2.42. The Balaban J connectivity index is 1.26. The second-order valence-corrected chi connectivity index (χ2v) is 8.40. The van der Waals surface area contributed by atoms with Gasteiger partial charge in [0.25, 0.3) is 5.91 Å². The van der Waals surface area contributed by atoms with Gasteiger partial charge < -0.3 is 19.8 Å². The lowest BCUT2D eigenvalue weighted by Gasteiger charge is -2.19. The van der Waals surface area contributed by atoms with Gasteiger partial charge in [0.15, 0.2) is 0 Å². The lowest BCUT2D eigenvalue weighted by Crippen LogP contribution is -2.33. The third-order valence-corrected chi connectivity index (χ3v) is 6.32. The minimum atomic E-state index is 0.0697. The number of pyridine rings is 1. The zero-order valence-corrected chi connectivity index (χ0v) is 16.6. The van der Waals surface area contributed by atoms with E-state index in [0.717, 1.165) is 37.3 Å². The first-order valence-electron chi connectivity index (χ1n) is 10.3. The van der Waals surface area contributed by atoms with Crippen LogP contribution in [0.25, 0.3) is 5.65 Å². The molecule has 6 heteroatoms. The van der Waals surface area contributed by atoms with E-state index in [9.17, 15) is 4.79 Å². The number of hydrogen-bond acceptors (Lipinski definition) is 4. The minimum Gasteiger partial charge on any atom is -0.487 e. The van der Waals surface area contributed by atoms with Crippen molar-refractivity contribution < 1.29 is 9.53 Å². The van der Waals surface area contributed by atoms with Crippen LogP contribution in [0.2, 0.25) is 0 Å². The first-order valence-corrected chi connectivity index (χ1v) is 10.3. The third-order valence-electron chi connectivity index (χ3n) is 6.32. The van der Waals surface area contributed by atoms with E-state index in [1.807, 2.05) is 58.1 Å². The molecule has 2 aromatic heterocycles. The molecule has 2 N–H and O–H groups in total. The van der Waals surface area contributed by atoms with Gasteiger partial charge in [-0.2, -0.15) is 0 Å². The van der Waals surface area contributed by atoms with E-state index in [1.165, 1.54) is 5.56 Å². The van der Waals surface area contributed by atoms with Crippen LogP contribution >= 0.6 is 0 Å². The molecule has 0 spiro atoms. The number of hydrogen-bond donors (Lipinski definition) is 1. The normalized spacial score (nSPS) is 23.5. The van der Waals surface area contributed by atoms with Crippen molar-refractivity contribution in [2.75, 3.05) is 13.1 Å². The van der Waals surface area contributed by atoms with E-state index in [2.05, 4.69) is 11.9 Å². The molecular weight excluding hydrogens is 364 g/mol. The van der Waals surface area contributed by atoms with Crippen LogP contribution < -0.4 is 10.5 Å². The van der Waals surface area contributed by atoms with Crippen LogP contribution in [0, 0.1) is 18.8 Å². The molecule has 1 aliphatic carbocycles. The first-order chi connectivity index (χ1) is 14.1. The highest BCUT2D eigenvalue weighted by Crippen LogP contribution is 2.37. The smallest absolute Gasteiger partial charge is 0.254 e. The van der Waals surface area contributed by atoms with Crippen molar-refractivity contribution in [2.45, 2.75) is 32.4 Å². The third kappa shape index (κ3) is 3.49. The Bertz CT molecular complexity index is 1060. The predicted octanol–water partition coefficient (Wildman–Crippen LogP) is 3.03. The molecule has 150 valence electrons. The van der Waals surface area contributed by atoms with E-state index in [-0.39, 0.29) is 11.9 Å². The summed E-state index contributed by atoms with van der Waals surface area (Å²) in [6.45, 7) is 4.01. The fourth-order valence-corrected chi connectivity index (χ4v) is 4.76. The molecule has 3 unspecified atom stereocenters. The molecule has 1 aliphatic heterocycles. The van der Waals surface area contributed by atoms with Gasteiger partial charge in [-0.15, -0.1) is 0 Å². The standard InChI is InChI=1S/C23H26N4O2/c1-15-5-8-22-25-18(12-26(22)10-15)14-29-19-4-2-3-16(9-19)23(28)27-11-17-6-7-21(24)20(17)13-27/h2-5,8-10,12,17,20-21H,6-7,11,13-14,24H2,1H3. The van der Waals surface area contributed by atoms with Gasteiger partial charge in [0.2, 0.25) is 0 Å². The molecule has 6 nitrogen and oxygen atoms in total. The van der Waals surface area contributed by atoms with E-state index >= 15 is 0 Å². The fourth-order valence-electron chi connectivity index (χ4n) is 4.76. The maximum Gasteiger partial charge on any atom is 0.254 e. The van der Waals surface area contributed by atoms with Crippen LogP contribution in [0.1, 0.15) is 34.5 Å². The molecule has 1 amide bonds. The average Bonchev–Trinajstić information content (AvgIpc) is 3.41. The van der Waals surface area contributed by atoms with Gasteiger partial charge in [0, 0.05) is 37.1 Å². The molecule has 3 heterocycles. The van der Waals surface area contributed by atoms with Crippen molar-refractivity contribution in [3.8, 4) is 5.75 Å². The Morgan fingerprint density at radius 3 is 2.97 bits per heavy atom. The molecule has 1 saturated heterocycles. The Morgan fingerprint density at radius 1 is 1.21 bits per heavy atom. The summed E-state index contributed by atoms with van der Waals surface area (Å²) in [7, 11) is 0. The Hall–Kier alpha value is -2.86. The summed E-state index contributed by atoms with van der Waals surface area (Å²) >= 11 is 0. The van der Waals surface area contributed by atoms with Crippen LogP contribution in [0.4, 0.5) is 0 Å². The monoisotopic (exact) mass is 390 g/mol. The lowest BCUT2D eigenvalue weighted by atomic mass is 9.98. The number of amides is 1. The van der Waals surface area contributed by atoms with Gasteiger partial charge in [0.1, 0.15) is 18.0 Å². The number of fused-ring (bicyclic) bond motifs is 2. The summed E-state index contributed by atoms with van der Waals surface area (Å²) in [6, 6.07) is 11.7. The zero-order chi connectivity index (χ0) is 20.0. The van der Waals surface area contributed by atoms with Crippen molar-refractivity contribution in [1.82, 2.24) is 14.3 Å². The van der Waals surface area contributed by atoms with E-state index < -0.39 is 0 Å². The van der Waals surface area contributed by atoms with Gasteiger partial charge in [-0.1, -0.05) is 12.1 Å². The summed E-state index contributed by atoms with van der Waals surface area (Å²) in [4.78, 5) is 19.5. The van der Waals surface area contributed by atoms with Crippen LogP contribution in [-0.4, -0.2) is 39.3 Å². The van der Waals surface area contributed by atoms with Gasteiger partial charge in [-0.05, 0) is 61.4 Å². The predicted molar refractivity (Wildman–Crippen MR) is 111 cm³/mol. The quantitative estimate of drug-likeness (QED) is 0.743. The molecule has 3 aromatic rings. The zero-order valence-electron chi connectivity index (χ0n) is 16.6. The number of likely N-dealkylation sites (tertiary alicyclic amines) is 1. The Labute approximate surface area is 170 Å². The van der Waals surface area contributed by atoms with Gasteiger partial charge >= 0.3 is 0 Å². The summed E-state index contributed by atoms with van der Waals surface area (Å²) in [6.07, 6.45) is 6.24. The van der Waals surface area contributed by atoms with Crippen LogP contribution in [0.3, 0.4) is 0 Å². The highest BCUT2D eigenvalue weighted by atomic mass is 16.5. The Kier molecular flexibility index (Phi) is 4.51. The average molecular weight is 390 g/mol. The maximum absolute atomic E-state index is 13.0. The number of carbonyl (C=O) groups is 1. The van der Waals surface area contributed by atoms with Crippen LogP contribution in [0.5, 0.6) is 5.75 Å². The highest BCUT2D eigenvalue weighted by molar-refractivity contribution is 5.94. The van der Waals surface area contributed by atoms with Crippen molar-refractivity contribution in [1.29, 1.82) is 0 Å². The summed E-state index contributed by atoms with van der Waals surface area (Å²) in [5.74, 6) is 1.77. The van der Waals surface area contributed by atoms with Crippen molar-refractivity contribution in [2.24, 2.45) is 17.6 Å². The first kappa shape index (κ1) is 18.2. The molecule has 2 fully saturated rings. The van der Waals surface area contributed by atoms with Crippen LogP contribution in [0.15, 0.2) is 48.8 Å². The van der Waals surface area contributed by atoms with E-state index in [1.54, 1.807) is 0 Å². The molecule has 1 saturated carbocycles. The number of aryl methyl sites for hydroxylation is 1. The topological polar surface area (TPSA) is 72.9 Å². The van der Waals surface area contributed by atoms with Crippen LogP contribution in [-0.2, 0) is 6.61 Å². The number of nitrogens with two attached hydrogens (primary N) is 1. The van der Waals surface area contributed by atoms with E-state index in [4.69, 9.17) is 10.5 Å². The van der Waals surface area contributed by atoms with Gasteiger partial charge in [0.05, 0.1) is 5.69 Å². The van der Waals surface area contributed by atoms with Gasteiger partial charge in [-0.25, -0.2) is 4.98 Å². The largest absolute Gasteiger partial charge is 0.487 e. The molecular formula is C23H26N4O2. The number of rotatable bonds is 4. The molecule has 1 aromatic carbocycles. The summed E-state index contributed by atoms with van der Waals surface area (Å²) in [5, 5.41) is 0. The van der Waals surface area contributed by atoms with Crippen molar-refractivity contribution >= 4 is 11.6 Å².